The Kier molecular flexibility index (Phi) is 4.87. The smallest absolute Gasteiger partial charge is 0.310 e. The van der Waals surface area contributed by atoms with Gasteiger partial charge in [-0.15, -0.1) is 0 Å². The predicted octanol–water partition coefficient (Wildman–Crippen LogP) is 2.64. The SMILES string of the molecule is CC(C)CS(=O)c1ccc(C(C)C(=O)O)cc1. The third kappa shape index (κ3) is 3.97. The molecule has 0 aromatic heterocycles. The zero-order chi connectivity index (χ0) is 13.0. The van der Waals surface area contributed by atoms with Crippen LogP contribution in [-0.2, 0) is 15.6 Å². The fraction of sp³-hybridized carbons (Fsp3) is 0.462. The van der Waals surface area contributed by atoms with Crippen LogP contribution in [0, 0.1) is 5.92 Å². The van der Waals surface area contributed by atoms with Crippen molar-refractivity contribution in [2.24, 2.45) is 5.92 Å². The van der Waals surface area contributed by atoms with Gasteiger partial charge in [-0.3, -0.25) is 9.00 Å². The molecule has 2 atom stereocenters. The molecule has 2 unspecified atom stereocenters. The van der Waals surface area contributed by atoms with Crippen LogP contribution in [0.4, 0.5) is 0 Å². The summed E-state index contributed by atoms with van der Waals surface area (Å²) in [5, 5.41) is 8.87. The van der Waals surface area contributed by atoms with Gasteiger partial charge in [0.1, 0.15) is 0 Å². The van der Waals surface area contributed by atoms with Gasteiger partial charge in [0, 0.05) is 10.6 Å². The van der Waals surface area contributed by atoms with Crippen LogP contribution in [0.15, 0.2) is 29.2 Å². The summed E-state index contributed by atoms with van der Waals surface area (Å²) in [4.78, 5) is 11.6. The van der Waals surface area contributed by atoms with Gasteiger partial charge in [-0.1, -0.05) is 26.0 Å². The first kappa shape index (κ1) is 13.9. The molecule has 0 aliphatic carbocycles. The highest BCUT2D eigenvalue weighted by Gasteiger charge is 2.14. The van der Waals surface area contributed by atoms with E-state index in [9.17, 15) is 9.00 Å². The molecule has 0 heterocycles. The molecule has 0 aliphatic rings. The third-order valence-electron chi connectivity index (χ3n) is 2.50. The highest BCUT2D eigenvalue weighted by atomic mass is 32.2. The first-order chi connectivity index (χ1) is 7.91. The normalized spacial score (nSPS) is 14.6. The lowest BCUT2D eigenvalue weighted by atomic mass is 10.0. The molecule has 1 aromatic rings. The molecule has 1 aromatic carbocycles. The molecule has 1 N–H and O–H groups in total. The second-order valence-corrected chi connectivity index (χ2v) is 6.03. The van der Waals surface area contributed by atoms with Crippen LogP contribution in [0.1, 0.15) is 32.3 Å². The van der Waals surface area contributed by atoms with E-state index in [1.54, 1.807) is 31.2 Å². The van der Waals surface area contributed by atoms with Gasteiger partial charge in [0.2, 0.25) is 0 Å². The first-order valence-corrected chi connectivity index (χ1v) is 6.95. The summed E-state index contributed by atoms with van der Waals surface area (Å²) in [6.07, 6.45) is 0. The average molecular weight is 254 g/mol. The van der Waals surface area contributed by atoms with E-state index in [0.717, 1.165) is 10.5 Å². The summed E-state index contributed by atoms with van der Waals surface area (Å²) in [5.74, 6) is -0.356. The minimum Gasteiger partial charge on any atom is -0.481 e. The van der Waals surface area contributed by atoms with Gasteiger partial charge in [0.05, 0.1) is 16.7 Å². The van der Waals surface area contributed by atoms with Crippen LogP contribution in [-0.4, -0.2) is 21.0 Å². The summed E-state index contributed by atoms with van der Waals surface area (Å²) in [6.45, 7) is 5.69. The van der Waals surface area contributed by atoms with E-state index in [1.807, 2.05) is 13.8 Å². The van der Waals surface area contributed by atoms with E-state index >= 15 is 0 Å². The van der Waals surface area contributed by atoms with Crippen LogP contribution < -0.4 is 0 Å². The van der Waals surface area contributed by atoms with Gasteiger partial charge in [0.25, 0.3) is 0 Å². The minimum atomic E-state index is -0.993. The Morgan fingerprint density at radius 2 is 1.76 bits per heavy atom. The Hall–Kier alpha value is -1.16. The molecular weight excluding hydrogens is 236 g/mol. The number of benzene rings is 1. The molecule has 0 saturated carbocycles. The zero-order valence-corrected chi connectivity index (χ0v) is 11.2. The second-order valence-electron chi connectivity index (χ2n) is 4.53. The predicted molar refractivity (Wildman–Crippen MR) is 68.6 cm³/mol. The van der Waals surface area contributed by atoms with Gasteiger partial charge >= 0.3 is 5.97 Å². The average Bonchev–Trinajstić information content (AvgIpc) is 2.27. The van der Waals surface area contributed by atoms with E-state index < -0.39 is 22.7 Å². The van der Waals surface area contributed by atoms with Crippen LogP contribution >= 0.6 is 0 Å². The Balaban J connectivity index is 2.81. The molecule has 94 valence electrons. The number of hydrogen-bond acceptors (Lipinski definition) is 2. The van der Waals surface area contributed by atoms with E-state index in [0.29, 0.717) is 11.7 Å². The minimum absolute atomic E-state index is 0.383. The lowest BCUT2D eigenvalue weighted by molar-refractivity contribution is -0.138. The molecule has 1 rings (SSSR count). The van der Waals surface area contributed by atoms with Gasteiger partial charge in [-0.05, 0) is 30.5 Å². The van der Waals surface area contributed by atoms with Crippen LogP contribution in [0.2, 0.25) is 0 Å². The molecule has 0 fully saturated rings. The largest absolute Gasteiger partial charge is 0.481 e. The van der Waals surface area contributed by atoms with Gasteiger partial charge in [0.15, 0.2) is 0 Å². The van der Waals surface area contributed by atoms with E-state index in [4.69, 9.17) is 5.11 Å². The van der Waals surface area contributed by atoms with Crippen molar-refractivity contribution < 1.29 is 14.1 Å². The quantitative estimate of drug-likeness (QED) is 0.878. The summed E-state index contributed by atoms with van der Waals surface area (Å²) in [6, 6.07) is 7.00. The Labute approximate surface area is 104 Å². The summed E-state index contributed by atoms with van der Waals surface area (Å²) in [5.41, 5.74) is 0.739. The van der Waals surface area contributed by atoms with Crippen molar-refractivity contribution in [3.8, 4) is 0 Å². The van der Waals surface area contributed by atoms with Gasteiger partial charge in [-0.25, -0.2) is 0 Å². The standard InChI is InChI=1S/C13H18O3S/c1-9(2)8-17(16)12-6-4-11(5-7-12)10(3)13(14)15/h4-7,9-10H,8H2,1-3H3,(H,14,15). The molecule has 0 bridgehead atoms. The van der Waals surface area contributed by atoms with Crippen molar-refractivity contribution >= 4 is 16.8 Å². The highest BCUT2D eigenvalue weighted by Crippen LogP contribution is 2.18. The topological polar surface area (TPSA) is 54.4 Å². The third-order valence-corrected chi connectivity index (χ3v) is 4.27. The van der Waals surface area contributed by atoms with Crippen molar-refractivity contribution in [3.05, 3.63) is 29.8 Å². The number of aliphatic carboxylic acids is 1. The van der Waals surface area contributed by atoms with Crippen LogP contribution in [0.3, 0.4) is 0 Å². The molecule has 4 heteroatoms. The lowest BCUT2D eigenvalue weighted by Crippen LogP contribution is -2.08. The number of carboxylic acid groups (broad SMARTS) is 1. The maximum absolute atomic E-state index is 11.9. The van der Waals surface area contributed by atoms with E-state index in [-0.39, 0.29) is 0 Å². The molecule has 0 amide bonds. The fourth-order valence-electron chi connectivity index (χ4n) is 1.45. The molecular formula is C13H18O3S. The summed E-state index contributed by atoms with van der Waals surface area (Å²) in [7, 11) is -0.993. The number of carbonyl (C=O) groups is 1. The Morgan fingerprint density at radius 1 is 1.24 bits per heavy atom. The highest BCUT2D eigenvalue weighted by molar-refractivity contribution is 7.85. The Morgan fingerprint density at radius 3 is 2.18 bits per heavy atom. The van der Waals surface area contributed by atoms with Crippen LogP contribution in [0.5, 0.6) is 0 Å². The monoisotopic (exact) mass is 254 g/mol. The molecule has 0 radical (unpaired) electrons. The molecule has 0 saturated heterocycles. The Bertz CT molecular complexity index is 409. The summed E-state index contributed by atoms with van der Waals surface area (Å²) >= 11 is 0. The van der Waals surface area contributed by atoms with Gasteiger partial charge < -0.3 is 5.11 Å². The van der Waals surface area contributed by atoms with Crippen LogP contribution in [0.25, 0.3) is 0 Å². The molecule has 3 nitrogen and oxygen atoms in total. The van der Waals surface area contributed by atoms with E-state index in [2.05, 4.69) is 0 Å². The first-order valence-electron chi connectivity index (χ1n) is 5.63. The maximum Gasteiger partial charge on any atom is 0.310 e. The maximum atomic E-state index is 11.9. The van der Waals surface area contributed by atoms with Crippen molar-refractivity contribution in [1.29, 1.82) is 0 Å². The number of carboxylic acids is 1. The number of hydrogen-bond donors (Lipinski definition) is 1. The zero-order valence-electron chi connectivity index (χ0n) is 10.3. The van der Waals surface area contributed by atoms with Crippen molar-refractivity contribution in [2.45, 2.75) is 31.6 Å². The van der Waals surface area contributed by atoms with E-state index in [1.165, 1.54) is 0 Å². The van der Waals surface area contributed by atoms with Gasteiger partial charge in [-0.2, -0.15) is 0 Å². The number of rotatable bonds is 5. The second kappa shape index (κ2) is 5.96. The molecule has 0 aliphatic heterocycles. The lowest BCUT2D eigenvalue weighted by Gasteiger charge is -2.08. The molecule has 0 spiro atoms. The fourth-order valence-corrected chi connectivity index (χ4v) is 2.69. The van der Waals surface area contributed by atoms with Crippen molar-refractivity contribution in [2.75, 3.05) is 5.75 Å². The van der Waals surface area contributed by atoms with Crippen molar-refractivity contribution in [3.63, 3.8) is 0 Å². The summed E-state index contributed by atoms with van der Waals surface area (Å²) < 4.78 is 11.9. The van der Waals surface area contributed by atoms with Crippen molar-refractivity contribution in [1.82, 2.24) is 0 Å². The molecule has 17 heavy (non-hydrogen) atoms.